The van der Waals surface area contributed by atoms with E-state index in [1.807, 2.05) is 0 Å². The number of H-pyrrole nitrogens is 1. The van der Waals surface area contributed by atoms with E-state index in [2.05, 4.69) is 15.5 Å². The molecule has 1 aromatic heterocycles. The summed E-state index contributed by atoms with van der Waals surface area (Å²) in [6.45, 7) is 0.731. The second-order valence-electron chi connectivity index (χ2n) is 6.44. The molecule has 0 spiro atoms. The lowest BCUT2D eigenvalue weighted by Gasteiger charge is -2.30. The third kappa shape index (κ3) is 3.42. The molecule has 24 heavy (non-hydrogen) atoms. The molecule has 1 aliphatic carbocycles. The summed E-state index contributed by atoms with van der Waals surface area (Å²) in [6.07, 6.45) is 4.64. The number of benzene rings is 1. The number of rotatable bonds is 4. The summed E-state index contributed by atoms with van der Waals surface area (Å²) in [5.74, 6) is 1.07. The summed E-state index contributed by atoms with van der Waals surface area (Å²) in [6, 6.07) is 7.35. The van der Waals surface area contributed by atoms with Crippen LogP contribution in [0.1, 0.15) is 36.0 Å². The van der Waals surface area contributed by atoms with E-state index in [9.17, 15) is 4.79 Å². The fourth-order valence-electron chi connectivity index (χ4n) is 3.14. The van der Waals surface area contributed by atoms with Crippen molar-refractivity contribution in [3.8, 4) is 11.5 Å². The van der Waals surface area contributed by atoms with Gasteiger partial charge in [0.05, 0.1) is 6.10 Å². The number of amides is 1. The Bertz CT molecular complexity index is 779. The summed E-state index contributed by atoms with van der Waals surface area (Å²) in [5.41, 5.74) is 1.40. The van der Waals surface area contributed by atoms with Gasteiger partial charge in [-0.3, -0.25) is 4.79 Å². The van der Waals surface area contributed by atoms with Crippen LogP contribution in [-0.2, 0) is 4.74 Å². The van der Waals surface area contributed by atoms with Gasteiger partial charge in [0.2, 0.25) is 5.89 Å². The second kappa shape index (κ2) is 6.49. The van der Waals surface area contributed by atoms with Crippen molar-refractivity contribution in [3.05, 3.63) is 34.7 Å². The summed E-state index contributed by atoms with van der Waals surface area (Å²) >= 11 is 4.86. The Morgan fingerprint density at radius 3 is 2.71 bits per heavy atom. The average molecular weight is 345 g/mol. The van der Waals surface area contributed by atoms with Crippen LogP contribution in [-0.4, -0.2) is 34.9 Å². The molecule has 2 aromatic rings. The molecule has 1 amide bonds. The fraction of sp³-hybridized carbons (Fsp3) is 0.471. The number of ether oxygens (including phenoxy) is 1. The Hall–Kier alpha value is -1.99. The van der Waals surface area contributed by atoms with Gasteiger partial charge in [-0.05, 0) is 68.1 Å². The van der Waals surface area contributed by atoms with E-state index in [1.165, 1.54) is 12.8 Å². The van der Waals surface area contributed by atoms with Crippen LogP contribution in [0.4, 0.5) is 0 Å². The third-order valence-corrected chi connectivity index (χ3v) is 4.80. The van der Waals surface area contributed by atoms with Crippen LogP contribution < -0.4 is 5.32 Å². The van der Waals surface area contributed by atoms with Gasteiger partial charge in [0.25, 0.3) is 10.7 Å². The number of nitrogens with one attached hydrogen (secondary N) is 2. The van der Waals surface area contributed by atoms with Crippen LogP contribution in [0.5, 0.6) is 0 Å². The molecule has 4 rings (SSSR count). The van der Waals surface area contributed by atoms with Gasteiger partial charge in [-0.25, -0.2) is 5.10 Å². The molecule has 1 aromatic carbocycles. The molecule has 0 radical (unpaired) electrons. The van der Waals surface area contributed by atoms with E-state index in [4.69, 9.17) is 21.4 Å². The maximum absolute atomic E-state index is 12.4. The molecular formula is C17H19N3O3S. The van der Waals surface area contributed by atoms with Crippen LogP contribution >= 0.6 is 12.2 Å². The van der Waals surface area contributed by atoms with E-state index in [0.29, 0.717) is 23.5 Å². The minimum Gasteiger partial charge on any atom is -0.409 e. The Morgan fingerprint density at radius 2 is 2.04 bits per heavy atom. The molecule has 126 valence electrons. The molecule has 1 saturated heterocycles. The van der Waals surface area contributed by atoms with Gasteiger partial charge in [0, 0.05) is 23.8 Å². The molecule has 0 bridgehead atoms. The minimum absolute atomic E-state index is 0.0501. The Balaban J connectivity index is 1.39. The highest BCUT2D eigenvalue weighted by molar-refractivity contribution is 7.71. The summed E-state index contributed by atoms with van der Waals surface area (Å²) in [4.78, 5) is 12.7. The smallest absolute Gasteiger partial charge is 0.284 e. The van der Waals surface area contributed by atoms with Gasteiger partial charge in [-0.1, -0.05) is 0 Å². The van der Waals surface area contributed by atoms with E-state index in [0.717, 1.165) is 25.0 Å². The summed E-state index contributed by atoms with van der Waals surface area (Å²) in [5, 5.41) is 9.69. The van der Waals surface area contributed by atoms with Crippen LogP contribution in [0.25, 0.3) is 11.5 Å². The van der Waals surface area contributed by atoms with Gasteiger partial charge in [0.1, 0.15) is 0 Å². The van der Waals surface area contributed by atoms with Crippen molar-refractivity contribution in [1.29, 1.82) is 0 Å². The SMILES string of the molecule is O=C(N[C@@H]1CCO[C@@H](C2CC2)C1)c1ccc(-c2n[nH]c(=S)o2)cc1. The number of hydrogen-bond donors (Lipinski definition) is 2. The number of carbonyl (C=O) groups excluding carboxylic acids is 1. The molecule has 7 heteroatoms. The van der Waals surface area contributed by atoms with E-state index in [-0.39, 0.29) is 16.8 Å². The predicted molar refractivity (Wildman–Crippen MR) is 90.1 cm³/mol. The first-order valence-corrected chi connectivity index (χ1v) is 8.68. The zero-order chi connectivity index (χ0) is 16.5. The topological polar surface area (TPSA) is 80.1 Å². The van der Waals surface area contributed by atoms with Crippen LogP contribution in [0.3, 0.4) is 0 Å². The molecule has 1 saturated carbocycles. The first-order valence-electron chi connectivity index (χ1n) is 8.27. The molecule has 1 aliphatic heterocycles. The predicted octanol–water partition coefficient (Wildman–Crippen LogP) is 3.09. The molecule has 2 fully saturated rings. The first kappa shape index (κ1) is 15.5. The minimum atomic E-state index is -0.0501. The van der Waals surface area contributed by atoms with Crippen molar-refractivity contribution in [3.63, 3.8) is 0 Å². The van der Waals surface area contributed by atoms with E-state index >= 15 is 0 Å². The quantitative estimate of drug-likeness (QED) is 0.833. The van der Waals surface area contributed by atoms with Crippen molar-refractivity contribution in [2.45, 2.75) is 37.8 Å². The lowest BCUT2D eigenvalue weighted by molar-refractivity contribution is -0.0102. The van der Waals surface area contributed by atoms with Crippen molar-refractivity contribution in [2.24, 2.45) is 5.92 Å². The summed E-state index contributed by atoms with van der Waals surface area (Å²) in [7, 11) is 0. The number of nitrogens with zero attached hydrogens (tertiary/aromatic N) is 1. The normalized spacial score (nSPS) is 23.8. The summed E-state index contributed by atoms with van der Waals surface area (Å²) < 4.78 is 11.1. The second-order valence-corrected chi connectivity index (χ2v) is 6.81. The number of aromatic amines is 1. The van der Waals surface area contributed by atoms with E-state index in [1.54, 1.807) is 24.3 Å². The number of hydrogen-bond acceptors (Lipinski definition) is 5. The van der Waals surface area contributed by atoms with Crippen molar-refractivity contribution < 1.29 is 13.9 Å². The zero-order valence-electron chi connectivity index (χ0n) is 13.2. The van der Waals surface area contributed by atoms with Crippen LogP contribution in [0.2, 0.25) is 0 Å². The van der Waals surface area contributed by atoms with Crippen molar-refractivity contribution in [1.82, 2.24) is 15.5 Å². The molecule has 2 aliphatic rings. The van der Waals surface area contributed by atoms with Crippen LogP contribution in [0, 0.1) is 10.8 Å². The fourth-order valence-corrected chi connectivity index (χ4v) is 3.27. The van der Waals surface area contributed by atoms with Gasteiger partial charge in [-0.2, -0.15) is 0 Å². The molecule has 0 unspecified atom stereocenters. The van der Waals surface area contributed by atoms with Crippen molar-refractivity contribution in [2.75, 3.05) is 6.61 Å². The molecule has 6 nitrogen and oxygen atoms in total. The molecule has 2 N–H and O–H groups in total. The van der Waals surface area contributed by atoms with Gasteiger partial charge >= 0.3 is 0 Å². The molecule has 2 atom stereocenters. The van der Waals surface area contributed by atoms with Gasteiger partial charge in [0.15, 0.2) is 0 Å². The Labute approximate surface area is 144 Å². The van der Waals surface area contributed by atoms with Gasteiger partial charge < -0.3 is 14.5 Å². The monoisotopic (exact) mass is 345 g/mol. The number of aromatic nitrogens is 2. The molecule has 2 heterocycles. The largest absolute Gasteiger partial charge is 0.409 e. The average Bonchev–Trinajstić information content (AvgIpc) is 3.37. The maximum Gasteiger partial charge on any atom is 0.284 e. The highest BCUT2D eigenvalue weighted by Crippen LogP contribution is 2.38. The lowest BCUT2D eigenvalue weighted by atomic mass is 9.99. The maximum atomic E-state index is 12.4. The Kier molecular flexibility index (Phi) is 4.20. The number of carbonyl (C=O) groups is 1. The first-order chi connectivity index (χ1) is 11.7. The zero-order valence-corrected chi connectivity index (χ0v) is 14.0. The van der Waals surface area contributed by atoms with Crippen molar-refractivity contribution >= 4 is 18.1 Å². The highest BCUT2D eigenvalue weighted by Gasteiger charge is 2.36. The van der Waals surface area contributed by atoms with Crippen LogP contribution in [0.15, 0.2) is 28.7 Å². The van der Waals surface area contributed by atoms with Gasteiger partial charge in [-0.15, -0.1) is 5.10 Å². The lowest BCUT2D eigenvalue weighted by Crippen LogP contribution is -2.42. The standard InChI is InChI=1S/C17H19N3O3S/c21-15(18-13-7-8-22-14(9-13)10-1-2-10)11-3-5-12(6-4-11)16-19-20-17(24)23-16/h3-6,10,13-14H,1-2,7-9H2,(H,18,21)(H,20,24)/t13-,14-/m1/s1. The van der Waals surface area contributed by atoms with E-state index < -0.39 is 0 Å². The Morgan fingerprint density at radius 1 is 1.25 bits per heavy atom. The highest BCUT2D eigenvalue weighted by atomic mass is 32.1. The molecular weight excluding hydrogens is 326 g/mol. The third-order valence-electron chi connectivity index (χ3n) is 4.63.